The van der Waals surface area contributed by atoms with Gasteiger partial charge < -0.3 is 29.4 Å². The molecule has 1 aliphatic rings. The van der Waals surface area contributed by atoms with E-state index in [-0.39, 0.29) is 13.2 Å². The first-order chi connectivity index (χ1) is 44.1. The van der Waals surface area contributed by atoms with Gasteiger partial charge in [0, 0.05) is 13.2 Å². The zero-order valence-corrected chi connectivity index (χ0v) is 50.5. The van der Waals surface area contributed by atoms with Crippen LogP contribution in [0.5, 0.6) is 0 Å². The zero-order chi connectivity index (χ0) is 60.4. The molecule has 10 heteroatoms. The third-order valence-electron chi connectivity index (χ3n) is 17.6. The molecule has 0 bridgehead atoms. The highest BCUT2D eigenvalue weighted by Gasteiger charge is 2.54. The molecule has 0 spiro atoms. The van der Waals surface area contributed by atoms with Crippen LogP contribution in [0.4, 0.5) is 5.82 Å². The van der Waals surface area contributed by atoms with Crippen molar-refractivity contribution in [2.24, 2.45) is 0 Å². The van der Waals surface area contributed by atoms with Crippen molar-refractivity contribution < 1.29 is 24.1 Å². The molecule has 0 saturated carbocycles. The van der Waals surface area contributed by atoms with Gasteiger partial charge in [-0.3, -0.25) is 4.57 Å². The van der Waals surface area contributed by atoms with E-state index in [1.165, 1.54) is 32.1 Å². The fourth-order valence-corrected chi connectivity index (χ4v) is 13.2. The van der Waals surface area contributed by atoms with Crippen molar-refractivity contribution in [1.29, 1.82) is 0 Å². The van der Waals surface area contributed by atoms with Gasteiger partial charge in [0.2, 0.25) is 0 Å². The first-order valence-electron chi connectivity index (χ1n) is 31.8. The molecule has 2 aromatic heterocycles. The number of nitrogens with zero attached hydrogens (tertiary/aromatic N) is 4. The lowest BCUT2D eigenvalue weighted by Crippen LogP contribution is -2.46. The van der Waals surface area contributed by atoms with E-state index in [1.807, 2.05) is 65.5 Å². The maximum Gasteiger partial charge on any atom is 0.167 e. The highest BCUT2D eigenvalue weighted by molar-refractivity contribution is 5.84. The van der Waals surface area contributed by atoms with Gasteiger partial charge in [0.25, 0.3) is 0 Å². The van der Waals surface area contributed by atoms with E-state index >= 15 is 0 Å². The molecule has 0 amide bonds. The van der Waals surface area contributed by atoms with Crippen LogP contribution in [0.3, 0.4) is 0 Å². The SMILES string of the molecule is OCCCCCCCCCCCCO[C@H]1[C@@H](OC(c2ccccc2)(c2ccccc2)c2ccccc2)[C@H](n2cnc3c(NC(c4ccccc4)(c4ccccc4)c4ccccc4)ncnc32)O[C@@H]1COC(c1ccccc1)(c1ccccc1)c1ccccc1. The monoisotopic (exact) mass is 1180 g/mol. The molecule has 2 N–H and O–H groups in total. The number of aromatic nitrogens is 4. The quantitative estimate of drug-likeness (QED) is 0.0336. The van der Waals surface area contributed by atoms with Crippen molar-refractivity contribution in [2.45, 2.75) is 105 Å². The number of aliphatic hydroxyl groups excluding tert-OH is 1. The minimum atomic E-state index is -1.19. The second kappa shape index (κ2) is 29.4. The molecule has 12 rings (SSSR count). The summed E-state index contributed by atoms with van der Waals surface area (Å²) in [5.74, 6) is 0.542. The molecule has 0 aliphatic carbocycles. The number of rotatable bonds is 30. The number of aliphatic hydroxyl groups is 1. The molecular formula is C79H79N5O5. The van der Waals surface area contributed by atoms with Crippen LogP contribution in [0.1, 0.15) is 121 Å². The van der Waals surface area contributed by atoms with Crippen molar-refractivity contribution >= 4 is 17.0 Å². The first-order valence-corrected chi connectivity index (χ1v) is 31.8. The highest BCUT2D eigenvalue weighted by Crippen LogP contribution is 2.49. The lowest BCUT2D eigenvalue weighted by molar-refractivity contribution is -0.132. The van der Waals surface area contributed by atoms with Crippen LogP contribution < -0.4 is 5.32 Å². The Morgan fingerprint density at radius 3 is 1.16 bits per heavy atom. The Labute approximate surface area is 524 Å². The number of hydrogen-bond donors (Lipinski definition) is 2. The van der Waals surface area contributed by atoms with E-state index in [1.54, 1.807) is 6.33 Å². The minimum absolute atomic E-state index is 0.106. The molecular weight excluding hydrogens is 1100 g/mol. The van der Waals surface area contributed by atoms with E-state index in [2.05, 4.69) is 224 Å². The third kappa shape index (κ3) is 13.0. The lowest BCUT2D eigenvalue weighted by atomic mass is 9.77. The summed E-state index contributed by atoms with van der Waals surface area (Å²) in [4.78, 5) is 15.5. The number of anilines is 1. The zero-order valence-electron chi connectivity index (χ0n) is 50.5. The summed E-state index contributed by atoms with van der Waals surface area (Å²) >= 11 is 0. The summed E-state index contributed by atoms with van der Waals surface area (Å²) in [5.41, 5.74) is 6.81. The fourth-order valence-electron chi connectivity index (χ4n) is 13.2. The van der Waals surface area contributed by atoms with Gasteiger partial charge in [-0.05, 0) is 62.9 Å². The number of unbranched alkanes of at least 4 members (excludes halogenated alkanes) is 9. The van der Waals surface area contributed by atoms with E-state index in [0.29, 0.717) is 23.6 Å². The van der Waals surface area contributed by atoms with Crippen molar-refractivity contribution in [3.8, 4) is 0 Å². The normalized spacial score (nSPS) is 16.1. The third-order valence-corrected chi connectivity index (χ3v) is 17.6. The predicted octanol–water partition coefficient (Wildman–Crippen LogP) is 16.8. The van der Waals surface area contributed by atoms with Gasteiger partial charge in [0.15, 0.2) is 23.2 Å². The van der Waals surface area contributed by atoms with Gasteiger partial charge >= 0.3 is 0 Å². The molecule has 89 heavy (non-hydrogen) atoms. The molecule has 1 saturated heterocycles. The number of benzene rings is 9. The maximum atomic E-state index is 9.27. The molecule has 3 heterocycles. The van der Waals surface area contributed by atoms with E-state index < -0.39 is 41.3 Å². The number of hydrogen-bond acceptors (Lipinski definition) is 9. The molecule has 1 fully saturated rings. The van der Waals surface area contributed by atoms with Crippen LogP contribution >= 0.6 is 0 Å². The summed E-state index contributed by atoms with van der Waals surface area (Å²) in [6.07, 6.45) is 11.2. The van der Waals surface area contributed by atoms with Gasteiger partial charge in [-0.2, -0.15) is 0 Å². The van der Waals surface area contributed by atoms with E-state index in [9.17, 15) is 5.11 Å². The Hall–Kier alpha value is -8.87. The van der Waals surface area contributed by atoms with E-state index in [4.69, 9.17) is 33.9 Å². The van der Waals surface area contributed by atoms with Crippen LogP contribution in [-0.4, -0.2) is 62.8 Å². The average Bonchev–Trinajstić information content (AvgIpc) is 2.11. The fraction of sp³-hybridized carbons (Fsp3) is 0.253. The Morgan fingerprint density at radius 1 is 0.404 bits per heavy atom. The molecule has 1 aliphatic heterocycles. The van der Waals surface area contributed by atoms with Crippen LogP contribution in [0.2, 0.25) is 0 Å². The summed E-state index contributed by atoms with van der Waals surface area (Å²) in [6, 6.07) is 94.6. The van der Waals surface area contributed by atoms with E-state index in [0.717, 1.165) is 82.2 Å². The summed E-state index contributed by atoms with van der Waals surface area (Å²) < 4.78 is 33.3. The van der Waals surface area contributed by atoms with Crippen LogP contribution in [-0.2, 0) is 35.7 Å². The Bertz CT molecular complexity index is 3560. The summed E-state index contributed by atoms with van der Waals surface area (Å²) in [5, 5.41) is 13.3. The molecule has 9 aromatic carbocycles. The predicted molar refractivity (Wildman–Crippen MR) is 354 cm³/mol. The van der Waals surface area contributed by atoms with Crippen LogP contribution in [0.15, 0.2) is 286 Å². The summed E-state index contributed by atoms with van der Waals surface area (Å²) in [7, 11) is 0. The van der Waals surface area contributed by atoms with Gasteiger partial charge in [-0.15, -0.1) is 0 Å². The molecule has 0 unspecified atom stereocenters. The van der Waals surface area contributed by atoms with Crippen LogP contribution in [0, 0.1) is 0 Å². The Kier molecular flexibility index (Phi) is 20.0. The topological polar surface area (TPSA) is 113 Å². The second-order valence-electron chi connectivity index (χ2n) is 23.1. The highest BCUT2D eigenvalue weighted by atomic mass is 16.6. The molecule has 4 atom stereocenters. The maximum absolute atomic E-state index is 9.27. The second-order valence-corrected chi connectivity index (χ2v) is 23.1. The van der Waals surface area contributed by atoms with Gasteiger partial charge in [0.1, 0.15) is 41.4 Å². The summed E-state index contributed by atoms with van der Waals surface area (Å²) in [6.45, 7) is 0.848. The standard InChI is InChI=1S/C79H79N5O5/c85-56-36-7-5-3-1-2-4-6-8-37-57-86-72-70(58-87-78(64-44-24-12-25-45-64,65-46-26-13-27-47-65)66-48-28-14-29-49-66)88-76(73(72)89-79(67-50-30-15-31-51-67,68-52-32-16-33-53-68)69-54-34-17-35-55-69)84-60-82-71-74(80-59-81-75(71)84)83-77(61-38-18-9-19-39-61,62-40-20-10-21-41-62)63-42-22-11-23-43-63/h9-35,38-55,59-60,70,72-73,76,85H,1-8,36-37,56-58H2,(H,80,81,83)/t70-,72-,73-,76-/m1/s1. The largest absolute Gasteiger partial charge is 0.396 e. The molecule has 0 radical (unpaired) electrons. The van der Waals surface area contributed by atoms with Crippen molar-refractivity contribution in [2.75, 3.05) is 25.1 Å². The Balaban J connectivity index is 1.00. The van der Waals surface area contributed by atoms with Crippen LogP contribution in [0.25, 0.3) is 11.2 Å². The average molecular weight is 1180 g/mol. The number of nitrogens with one attached hydrogen (secondary N) is 1. The van der Waals surface area contributed by atoms with Gasteiger partial charge in [-0.1, -0.05) is 324 Å². The smallest absolute Gasteiger partial charge is 0.167 e. The molecule has 11 aromatic rings. The van der Waals surface area contributed by atoms with Crippen molar-refractivity contribution in [1.82, 2.24) is 19.5 Å². The molecule has 10 nitrogen and oxygen atoms in total. The Morgan fingerprint density at radius 2 is 0.764 bits per heavy atom. The number of fused-ring (bicyclic) bond motifs is 1. The number of imidazole rings is 1. The van der Waals surface area contributed by atoms with Crippen molar-refractivity contribution in [3.05, 3.63) is 336 Å². The number of ether oxygens (including phenoxy) is 4. The first kappa shape index (κ1) is 60.4. The van der Waals surface area contributed by atoms with Gasteiger partial charge in [-0.25, -0.2) is 15.0 Å². The lowest BCUT2D eigenvalue weighted by Gasteiger charge is -2.40. The minimum Gasteiger partial charge on any atom is -0.396 e. The molecule has 450 valence electrons. The van der Waals surface area contributed by atoms with Gasteiger partial charge in [0.05, 0.1) is 12.9 Å². The van der Waals surface area contributed by atoms with Crippen molar-refractivity contribution in [3.63, 3.8) is 0 Å².